The van der Waals surface area contributed by atoms with E-state index in [0.29, 0.717) is 23.7 Å². The molecule has 5 rings (SSSR count). The van der Waals surface area contributed by atoms with Gasteiger partial charge in [-0.3, -0.25) is 0 Å². The van der Waals surface area contributed by atoms with Gasteiger partial charge in [0.25, 0.3) is 0 Å². The fourth-order valence-electron chi connectivity index (χ4n) is 4.74. The highest BCUT2D eigenvalue weighted by atomic mass is 14.2. The third kappa shape index (κ3) is 7.33. The average Bonchev–Trinajstić information content (AvgIpc) is 3.30. The third-order valence-corrected chi connectivity index (χ3v) is 7.23. The Morgan fingerprint density at radius 1 is 0.417 bits per heavy atom. The Balaban J connectivity index is 0.000000150. The molecule has 0 atom stereocenters. The smallest absolute Gasteiger partial charge is 0.0120 e. The second-order valence-electron chi connectivity index (χ2n) is 11.4. The molecule has 0 saturated heterocycles. The van der Waals surface area contributed by atoms with Crippen LogP contribution in [0.25, 0.3) is 10.8 Å². The van der Waals surface area contributed by atoms with Crippen molar-refractivity contribution in [1.29, 1.82) is 0 Å². The van der Waals surface area contributed by atoms with Crippen molar-refractivity contribution in [2.75, 3.05) is 0 Å². The van der Waals surface area contributed by atoms with Crippen LogP contribution in [0.1, 0.15) is 112 Å². The Labute approximate surface area is 220 Å². The van der Waals surface area contributed by atoms with Crippen LogP contribution < -0.4 is 0 Å². The molecule has 0 fully saturated rings. The normalized spacial score (nSPS) is 12.1. The maximum Gasteiger partial charge on any atom is -0.0120 e. The predicted octanol–water partition coefficient (Wildman–Crippen LogP) is 10.8. The molecule has 0 amide bonds. The van der Waals surface area contributed by atoms with Gasteiger partial charge in [0.1, 0.15) is 0 Å². The molecule has 0 spiro atoms. The van der Waals surface area contributed by atoms with Crippen LogP contribution >= 0.6 is 0 Å². The molecule has 0 saturated carbocycles. The molecule has 0 heteroatoms. The molecule has 1 aliphatic rings. The van der Waals surface area contributed by atoms with Crippen LogP contribution in [0.4, 0.5) is 0 Å². The second kappa shape index (κ2) is 12.9. The van der Waals surface area contributed by atoms with E-state index in [1.165, 1.54) is 57.0 Å². The van der Waals surface area contributed by atoms with Crippen molar-refractivity contribution in [1.82, 2.24) is 0 Å². The van der Waals surface area contributed by atoms with Gasteiger partial charge in [-0.25, -0.2) is 0 Å². The summed E-state index contributed by atoms with van der Waals surface area (Å²) in [6, 6.07) is 31.0. The molecule has 0 nitrogen and oxygen atoms in total. The van der Waals surface area contributed by atoms with Gasteiger partial charge in [0.2, 0.25) is 0 Å². The minimum Gasteiger partial charge on any atom is -0.0617 e. The summed E-state index contributed by atoms with van der Waals surface area (Å²) in [6.45, 7) is 17.9. The molecule has 0 radical (unpaired) electrons. The van der Waals surface area contributed by atoms with E-state index >= 15 is 0 Å². The van der Waals surface area contributed by atoms with Crippen LogP contribution in [0, 0.1) is 0 Å². The summed E-state index contributed by atoms with van der Waals surface area (Å²) in [7, 11) is 0. The van der Waals surface area contributed by atoms with Crippen molar-refractivity contribution in [3.05, 3.63) is 118 Å². The molecule has 0 aromatic heterocycles. The van der Waals surface area contributed by atoms with Crippen molar-refractivity contribution >= 4 is 10.8 Å². The summed E-state index contributed by atoms with van der Waals surface area (Å²) in [6.07, 6.45) is 2.47. The van der Waals surface area contributed by atoms with E-state index in [2.05, 4.69) is 140 Å². The Morgan fingerprint density at radius 3 is 1.03 bits per heavy atom. The molecule has 36 heavy (non-hydrogen) atoms. The largest absolute Gasteiger partial charge is 0.0617 e. The van der Waals surface area contributed by atoms with E-state index in [0.717, 1.165) is 0 Å². The lowest BCUT2D eigenvalue weighted by molar-refractivity contribution is 0.834. The second-order valence-corrected chi connectivity index (χ2v) is 11.4. The zero-order chi connectivity index (χ0) is 26.2. The molecule has 4 aromatic rings. The van der Waals surface area contributed by atoms with Crippen molar-refractivity contribution < 1.29 is 0 Å². The monoisotopic (exact) mass is 478 g/mol. The summed E-state index contributed by atoms with van der Waals surface area (Å²) < 4.78 is 0. The van der Waals surface area contributed by atoms with E-state index in [4.69, 9.17) is 0 Å². The van der Waals surface area contributed by atoms with Gasteiger partial charge in [0.05, 0.1) is 0 Å². The summed E-state index contributed by atoms with van der Waals surface area (Å²) in [5, 5.41) is 2.92. The fourth-order valence-corrected chi connectivity index (χ4v) is 4.74. The molecule has 0 N–H and O–H groups in total. The minimum atomic E-state index is 0.642. The van der Waals surface area contributed by atoms with Crippen molar-refractivity contribution in [3.8, 4) is 0 Å². The topological polar surface area (TPSA) is 0 Å². The van der Waals surface area contributed by atoms with Crippen LogP contribution in [-0.2, 0) is 12.8 Å². The van der Waals surface area contributed by atoms with E-state index < -0.39 is 0 Å². The quantitative estimate of drug-likeness (QED) is 0.273. The third-order valence-electron chi connectivity index (χ3n) is 7.23. The van der Waals surface area contributed by atoms with E-state index in [1.807, 2.05) is 0 Å². The predicted molar refractivity (Wildman–Crippen MR) is 161 cm³/mol. The first kappa shape index (κ1) is 27.7. The van der Waals surface area contributed by atoms with Gasteiger partial charge in [-0.15, -0.1) is 0 Å². The highest BCUT2D eigenvalue weighted by Crippen LogP contribution is 2.30. The molecular weight excluding hydrogens is 432 g/mol. The highest BCUT2D eigenvalue weighted by molar-refractivity contribution is 5.90. The minimum absolute atomic E-state index is 0.642. The molecular formula is C36H46. The van der Waals surface area contributed by atoms with Crippen LogP contribution in [0.2, 0.25) is 0 Å². The summed E-state index contributed by atoms with van der Waals surface area (Å²) in [5.74, 6) is 2.57. The zero-order valence-electron chi connectivity index (χ0n) is 23.8. The van der Waals surface area contributed by atoms with Gasteiger partial charge >= 0.3 is 0 Å². The van der Waals surface area contributed by atoms with Gasteiger partial charge in [-0.2, -0.15) is 0 Å². The lowest BCUT2D eigenvalue weighted by atomic mass is 9.96. The van der Waals surface area contributed by atoms with Gasteiger partial charge in [0.15, 0.2) is 0 Å². The van der Waals surface area contributed by atoms with Gasteiger partial charge < -0.3 is 0 Å². The van der Waals surface area contributed by atoms with Crippen LogP contribution in [0.5, 0.6) is 0 Å². The number of hydrogen-bond donors (Lipinski definition) is 0. The van der Waals surface area contributed by atoms with Crippen LogP contribution in [0.15, 0.2) is 84.9 Å². The Bertz CT molecular complexity index is 1100. The lowest BCUT2D eigenvalue weighted by Crippen LogP contribution is -1.91. The number of benzene rings is 4. The Hall–Kier alpha value is -2.86. The first-order valence-corrected chi connectivity index (χ1v) is 13.9. The molecule has 4 aromatic carbocycles. The van der Waals surface area contributed by atoms with Crippen molar-refractivity contribution in [2.45, 2.75) is 91.9 Å². The molecule has 1 aliphatic carbocycles. The summed E-state index contributed by atoms with van der Waals surface area (Å²) in [4.78, 5) is 0. The molecule has 190 valence electrons. The molecule has 0 bridgehead atoms. The summed E-state index contributed by atoms with van der Waals surface area (Å²) >= 11 is 0. The maximum absolute atomic E-state index is 2.31. The fraction of sp³-hybridized carbons (Fsp3) is 0.389. The SMILES string of the molecule is CC(C)c1cccc(C(C)C)c1.CC(C)c1cccc(C(C)C)c1.c1cc2c3c(cccc3c1)CC2. The Morgan fingerprint density at radius 2 is 0.722 bits per heavy atom. The first-order chi connectivity index (χ1) is 17.2. The number of hydrogen-bond acceptors (Lipinski definition) is 0. The van der Waals surface area contributed by atoms with Gasteiger partial charge in [0, 0.05) is 0 Å². The average molecular weight is 479 g/mol. The van der Waals surface area contributed by atoms with Gasteiger partial charge in [-0.05, 0) is 80.7 Å². The van der Waals surface area contributed by atoms with E-state index in [-0.39, 0.29) is 0 Å². The zero-order valence-corrected chi connectivity index (χ0v) is 23.8. The lowest BCUT2D eigenvalue weighted by Gasteiger charge is -2.09. The summed E-state index contributed by atoms with van der Waals surface area (Å²) in [5.41, 5.74) is 8.84. The maximum atomic E-state index is 2.31. The van der Waals surface area contributed by atoms with Crippen molar-refractivity contribution in [3.63, 3.8) is 0 Å². The number of rotatable bonds is 4. The van der Waals surface area contributed by atoms with Gasteiger partial charge in [-0.1, -0.05) is 140 Å². The Kier molecular flexibility index (Phi) is 9.94. The standard InChI is InChI=1S/C12H10.2C12H18/c1-3-9-4-2-6-11-8-7-10(5-1)12(9)11;2*1-9(2)11-6-5-7-12(8-11)10(3)4/h1-6H,7-8H2;2*5-10H,1-4H3. The van der Waals surface area contributed by atoms with Crippen LogP contribution in [0.3, 0.4) is 0 Å². The van der Waals surface area contributed by atoms with Crippen LogP contribution in [-0.4, -0.2) is 0 Å². The molecule has 0 aliphatic heterocycles. The van der Waals surface area contributed by atoms with Crippen molar-refractivity contribution in [2.24, 2.45) is 0 Å². The number of aryl methyl sites for hydroxylation is 2. The molecule has 0 unspecified atom stereocenters. The highest BCUT2D eigenvalue weighted by Gasteiger charge is 2.12. The first-order valence-electron chi connectivity index (χ1n) is 13.9. The van der Waals surface area contributed by atoms with E-state index in [9.17, 15) is 0 Å². The van der Waals surface area contributed by atoms with E-state index in [1.54, 1.807) is 0 Å². The molecule has 0 heterocycles.